The molecule has 4 fully saturated rings. The first-order valence-electron chi connectivity index (χ1n) is 7.32. The maximum atomic E-state index is 11.4. The second kappa shape index (κ2) is 3.69. The predicted molar refractivity (Wildman–Crippen MR) is 68.0 cm³/mol. The lowest BCUT2D eigenvalue weighted by Crippen LogP contribution is -2.34. The van der Waals surface area contributed by atoms with Gasteiger partial charge in [-0.1, -0.05) is 6.92 Å². The molecule has 5 aliphatic rings. The van der Waals surface area contributed by atoms with Crippen LogP contribution < -0.4 is 0 Å². The smallest absolute Gasteiger partial charge is 0.253 e. The van der Waals surface area contributed by atoms with Crippen LogP contribution in [0.15, 0.2) is 12.2 Å². The molecule has 5 unspecified atom stereocenters. The molecule has 0 aromatic rings. The minimum atomic E-state index is -0.210. The second-order valence-corrected chi connectivity index (χ2v) is 6.42. The van der Waals surface area contributed by atoms with E-state index in [1.807, 2.05) is 0 Å². The lowest BCUT2D eigenvalue weighted by molar-refractivity contribution is -0.138. The topological polar surface area (TPSA) is 46.6 Å². The molecule has 2 amide bonds. The van der Waals surface area contributed by atoms with Crippen LogP contribution in [0.5, 0.6) is 0 Å². The maximum Gasteiger partial charge on any atom is 0.253 e. The van der Waals surface area contributed by atoms with E-state index in [4.69, 9.17) is 4.74 Å². The van der Waals surface area contributed by atoms with Gasteiger partial charge in [-0.15, -0.1) is 0 Å². The Kier molecular flexibility index (Phi) is 2.26. The third kappa shape index (κ3) is 1.38. The molecule has 1 aliphatic heterocycles. The van der Waals surface area contributed by atoms with Crippen molar-refractivity contribution in [1.82, 2.24) is 4.90 Å². The Morgan fingerprint density at radius 1 is 1.37 bits per heavy atom. The van der Waals surface area contributed by atoms with Crippen LogP contribution in [0, 0.1) is 23.2 Å². The van der Waals surface area contributed by atoms with Gasteiger partial charge in [0.2, 0.25) is 0 Å². The highest BCUT2D eigenvalue weighted by Gasteiger charge is 2.77. The van der Waals surface area contributed by atoms with Gasteiger partial charge in [-0.25, -0.2) is 0 Å². The fourth-order valence-electron chi connectivity index (χ4n) is 5.09. The molecular weight excluding hydrogens is 242 g/mol. The first-order chi connectivity index (χ1) is 9.17. The molecule has 4 heteroatoms. The van der Waals surface area contributed by atoms with Crippen LogP contribution in [0.1, 0.15) is 26.2 Å². The zero-order chi connectivity index (χ0) is 13.2. The molecule has 0 aromatic carbocycles. The number of rotatable bonds is 5. The molecule has 102 valence electrons. The average Bonchev–Trinajstić information content (AvgIpc) is 2.85. The lowest BCUT2D eigenvalue weighted by atomic mass is 10.0. The van der Waals surface area contributed by atoms with E-state index in [9.17, 15) is 9.59 Å². The summed E-state index contributed by atoms with van der Waals surface area (Å²) in [7, 11) is 0. The van der Waals surface area contributed by atoms with Gasteiger partial charge in [-0.3, -0.25) is 14.5 Å². The first kappa shape index (κ1) is 11.6. The average molecular weight is 261 g/mol. The fourth-order valence-corrected chi connectivity index (χ4v) is 5.09. The van der Waals surface area contributed by atoms with Crippen molar-refractivity contribution in [2.45, 2.75) is 32.3 Å². The molecule has 0 saturated heterocycles. The SMILES string of the molecule is CCC12CC3CC1C2C3OCCN1C(=O)C=CC1=O. The van der Waals surface area contributed by atoms with E-state index < -0.39 is 0 Å². The van der Waals surface area contributed by atoms with Gasteiger partial charge in [0.05, 0.1) is 19.3 Å². The number of hydrogen-bond donors (Lipinski definition) is 0. The van der Waals surface area contributed by atoms with Crippen LogP contribution in [0.2, 0.25) is 0 Å². The number of ether oxygens (including phenoxy) is 1. The Labute approximate surface area is 112 Å². The molecule has 4 nitrogen and oxygen atoms in total. The van der Waals surface area contributed by atoms with Crippen LogP contribution >= 0.6 is 0 Å². The monoisotopic (exact) mass is 261 g/mol. The molecule has 5 rings (SSSR count). The lowest BCUT2D eigenvalue weighted by Gasteiger charge is -2.19. The first-order valence-corrected chi connectivity index (χ1v) is 7.32. The molecule has 0 N–H and O–H groups in total. The third-order valence-corrected chi connectivity index (χ3v) is 5.93. The van der Waals surface area contributed by atoms with Gasteiger partial charge < -0.3 is 4.74 Å². The number of carbonyl (C=O) groups excluding carboxylic acids is 2. The summed E-state index contributed by atoms with van der Waals surface area (Å²) in [5.41, 5.74) is 0.607. The Morgan fingerprint density at radius 2 is 2.11 bits per heavy atom. The van der Waals surface area contributed by atoms with Crippen LogP contribution in [-0.4, -0.2) is 36.0 Å². The highest BCUT2D eigenvalue weighted by atomic mass is 16.5. The van der Waals surface area contributed by atoms with Gasteiger partial charge >= 0.3 is 0 Å². The van der Waals surface area contributed by atoms with Crippen LogP contribution in [0.4, 0.5) is 0 Å². The van der Waals surface area contributed by atoms with Crippen molar-refractivity contribution in [2.24, 2.45) is 23.2 Å². The molecular formula is C15H19NO3. The summed E-state index contributed by atoms with van der Waals surface area (Å²) >= 11 is 0. The minimum absolute atomic E-state index is 0.210. The normalized spacial score (nSPS) is 45.6. The zero-order valence-electron chi connectivity index (χ0n) is 11.2. The third-order valence-electron chi connectivity index (χ3n) is 5.93. The molecule has 0 aromatic heterocycles. The van der Waals surface area contributed by atoms with Gasteiger partial charge in [0.15, 0.2) is 0 Å². The Hall–Kier alpha value is -1.16. The van der Waals surface area contributed by atoms with Crippen molar-refractivity contribution in [3.63, 3.8) is 0 Å². The fraction of sp³-hybridized carbons (Fsp3) is 0.733. The van der Waals surface area contributed by atoms with E-state index >= 15 is 0 Å². The van der Waals surface area contributed by atoms with Gasteiger partial charge in [0, 0.05) is 12.2 Å². The van der Waals surface area contributed by atoms with Gasteiger partial charge in [0.25, 0.3) is 11.8 Å². The number of hydrogen-bond acceptors (Lipinski definition) is 3. The van der Waals surface area contributed by atoms with Crippen molar-refractivity contribution >= 4 is 11.8 Å². The molecule has 4 aliphatic carbocycles. The molecule has 4 bridgehead atoms. The Bertz CT molecular complexity index is 468. The van der Waals surface area contributed by atoms with Crippen molar-refractivity contribution in [2.75, 3.05) is 13.2 Å². The molecule has 0 radical (unpaired) electrons. The number of imide groups is 1. The van der Waals surface area contributed by atoms with E-state index in [1.54, 1.807) is 0 Å². The number of carbonyl (C=O) groups is 2. The van der Waals surface area contributed by atoms with Gasteiger partial charge in [-0.05, 0) is 42.4 Å². The summed E-state index contributed by atoms with van der Waals surface area (Å²) in [5.74, 6) is 1.99. The number of nitrogens with zero attached hydrogens (tertiary/aromatic N) is 1. The number of amides is 2. The van der Waals surface area contributed by atoms with Crippen molar-refractivity contribution < 1.29 is 14.3 Å². The van der Waals surface area contributed by atoms with Crippen molar-refractivity contribution in [1.29, 1.82) is 0 Å². The summed E-state index contributed by atoms with van der Waals surface area (Å²) < 4.78 is 6.02. The Morgan fingerprint density at radius 3 is 2.68 bits per heavy atom. The summed E-state index contributed by atoms with van der Waals surface area (Å²) in [5, 5.41) is 0. The van der Waals surface area contributed by atoms with Crippen LogP contribution in [-0.2, 0) is 14.3 Å². The van der Waals surface area contributed by atoms with Crippen molar-refractivity contribution in [3.05, 3.63) is 12.2 Å². The summed E-state index contributed by atoms with van der Waals surface area (Å²) in [6.07, 6.45) is 7.02. The largest absolute Gasteiger partial charge is 0.376 e. The van der Waals surface area contributed by atoms with Gasteiger partial charge in [0.1, 0.15) is 0 Å². The van der Waals surface area contributed by atoms with E-state index in [2.05, 4.69) is 6.92 Å². The van der Waals surface area contributed by atoms with E-state index in [1.165, 1.54) is 36.3 Å². The quantitative estimate of drug-likeness (QED) is 0.702. The van der Waals surface area contributed by atoms with Gasteiger partial charge in [-0.2, -0.15) is 0 Å². The van der Waals surface area contributed by atoms with Crippen molar-refractivity contribution in [3.8, 4) is 0 Å². The zero-order valence-corrected chi connectivity index (χ0v) is 11.2. The highest BCUT2D eigenvalue weighted by molar-refractivity contribution is 6.12. The second-order valence-electron chi connectivity index (χ2n) is 6.42. The molecule has 5 atom stereocenters. The van der Waals surface area contributed by atoms with Crippen LogP contribution in [0.25, 0.3) is 0 Å². The highest BCUT2D eigenvalue weighted by Crippen LogP contribution is 2.80. The standard InChI is InChI=1S/C15H19NO3/c1-2-15-8-9-7-10(15)13(15)14(9)19-6-5-16-11(17)3-4-12(16)18/h3-4,9-10,13-14H,2,5-8H2,1H3. The minimum Gasteiger partial charge on any atom is -0.376 e. The Balaban J connectivity index is 1.31. The summed E-state index contributed by atoms with van der Waals surface area (Å²) in [6, 6.07) is 0. The molecule has 19 heavy (non-hydrogen) atoms. The predicted octanol–water partition coefficient (Wildman–Crippen LogP) is 1.36. The maximum absolute atomic E-state index is 11.4. The van der Waals surface area contributed by atoms with Crippen LogP contribution in [0.3, 0.4) is 0 Å². The van der Waals surface area contributed by atoms with E-state index in [-0.39, 0.29) is 11.8 Å². The molecule has 0 spiro atoms. The molecule has 4 saturated carbocycles. The summed E-state index contributed by atoms with van der Waals surface area (Å²) in [4.78, 5) is 24.1. The van der Waals surface area contributed by atoms with E-state index in [0.717, 1.165) is 17.8 Å². The van der Waals surface area contributed by atoms with E-state index in [0.29, 0.717) is 24.7 Å². The summed E-state index contributed by atoms with van der Waals surface area (Å²) in [6.45, 7) is 3.18. The molecule has 1 heterocycles.